The van der Waals surface area contributed by atoms with Gasteiger partial charge < -0.3 is 19.7 Å². The topological polar surface area (TPSA) is 100 Å². The molecule has 29 heavy (non-hydrogen) atoms. The lowest BCUT2D eigenvalue weighted by atomic mass is 10.1. The van der Waals surface area contributed by atoms with Crippen molar-refractivity contribution in [1.82, 2.24) is 14.8 Å². The van der Waals surface area contributed by atoms with E-state index in [4.69, 9.17) is 4.74 Å². The number of aromatic carboxylic acids is 1. The summed E-state index contributed by atoms with van der Waals surface area (Å²) in [6.07, 6.45) is 2.18. The number of carbonyl (C=O) groups excluding carboxylic acids is 1. The summed E-state index contributed by atoms with van der Waals surface area (Å²) in [6, 6.07) is 13.5. The van der Waals surface area contributed by atoms with Crippen molar-refractivity contribution in [2.45, 2.75) is 36.4 Å². The third-order valence-electron chi connectivity index (χ3n) is 4.81. The van der Waals surface area contributed by atoms with E-state index in [0.717, 1.165) is 41.6 Å². The Hall–Kier alpha value is -2.84. The largest absolute Gasteiger partial charge is 0.545 e. The van der Waals surface area contributed by atoms with Crippen LogP contribution in [0.25, 0.3) is 11.4 Å². The maximum atomic E-state index is 10.9. The minimum absolute atomic E-state index is 0.128. The molecule has 0 aliphatic carbocycles. The normalized spacial score (nSPS) is 16.2. The molecule has 7 nitrogen and oxygen atoms in total. The number of nitrogens with zero attached hydrogens (tertiary/aromatic N) is 3. The minimum atomic E-state index is -1.18. The molecule has 1 aliphatic heterocycles. The van der Waals surface area contributed by atoms with Crippen LogP contribution in [0.15, 0.2) is 53.7 Å². The summed E-state index contributed by atoms with van der Waals surface area (Å²) in [7, 11) is 0. The first-order valence-electron chi connectivity index (χ1n) is 9.37. The van der Waals surface area contributed by atoms with E-state index in [1.807, 2.05) is 12.1 Å². The predicted octanol–water partition coefficient (Wildman–Crippen LogP) is 2.49. The molecular weight excluding hydrogens is 390 g/mol. The van der Waals surface area contributed by atoms with E-state index < -0.39 is 5.97 Å². The Labute approximate surface area is 172 Å². The van der Waals surface area contributed by atoms with E-state index in [1.54, 1.807) is 36.4 Å². The SMILES string of the molecule is O=C([O-])c1ccc(CSc2nnc(-c3ccc(O)cc3)n2C[C@@H]2CCCO2)cc1. The average Bonchev–Trinajstić information content (AvgIpc) is 3.38. The first kappa shape index (κ1) is 19.5. The monoisotopic (exact) mass is 410 g/mol. The Bertz CT molecular complexity index is 980. The number of aromatic nitrogens is 3. The zero-order valence-corrected chi connectivity index (χ0v) is 16.5. The van der Waals surface area contributed by atoms with Crippen molar-refractivity contribution in [3.8, 4) is 17.1 Å². The number of aromatic hydroxyl groups is 1. The van der Waals surface area contributed by atoms with Gasteiger partial charge in [-0.1, -0.05) is 36.0 Å². The van der Waals surface area contributed by atoms with Crippen molar-refractivity contribution in [3.05, 3.63) is 59.7 Å². The van der Waals surface area contributed by atoms with Crippen LogP contribution in [0.3, 0.4) is 0 Å². The second kappa shape index (κ2) is 8.67. The molecule has 0 amide bonds. The molecule has 1 aliphatic rings. The average molecular weight is 410 g/mol. The number of phenols is 1. The first-order chi connectivity index (χ1) is 14.1. The van der Waals surface area contributed by atoms with Crippen LogP contribution in [0.2, 0.25) is 0 Å². The Kier molecular flexibility index (Phi) is 5.82. The van der Waals surface area contributed by atoms with Crippen molar-refractivity contribution in [2.75, 3.05) is 6.61 Å². The second-order valence-electron chi connectivity index (χ2n) is 6.87. The number of carboxylic acid groups (broad SMARTS) is 1. The lowest BCUT2D eigenvalue weighted by Crippen LogP contribution is -2.21. The summed E-state index contributed by atoms with van der Waals surface area (Å²) in [6.45, 7) is 1.43. The summed E-state index contributed by atoms with van der Waals surface area (Å²) in [4.78, 5) is 10.9. The highest BCUT2D eigenvalue weighted by atomic mass is 32.2. The van der Waals surface area contributed by atoms with Gasteiger partial charge in [0, 0.05) is 17.9 Å². The van der Waals surface area contributed by atoms with Crippen molar-refractivity contribution in [2.24, 2.45) is 0 Å². The summed E-state index contributed by atoms with van der Waals surface area (Å²) in [5.74, 6) is 0.384. The summed E-state index contributed by atoms with van der Waals surface area (Å²) >= 11 is 1.54. The molecule has 1 aromatic heterocycles. The molecule has 1 fully saturated rings. The van der Waals surface area contributed by atoms with Gasteiger partial charge in [-0.05, 0) is 48.2 Å². The Balaban J connectivity index is 1.56. The fourth-order valence-corrected chi connectivity index (χ4v) is 4.16. The van der Waals surface area contributed by atoms with E-state index >= 15 is 0 Å². The van der Waals surface area contributed by atoms with E-state index in [1.165, 1.54) is 11.8 Å². The van der Waals surface area contributed by atoms with Gasteiger partial charge in [0.15, 0.2) is 11.0 Å². The van der Waals surface area contributed by atoms with Gasteiger partial charge in [0.05, 0.1) is 18.6 Å². The van der Waals surface area contributed by atoms with Gasteiger partial charge in [-0.3, -0.25) is 4.57 Å². The number of hydrogen-bond donors (Lipinski definition) is 1. The van der Waals surface area contributed by atoms with Crippen LogP contribution in [0, 0.1) is 0 Å². The zero-order valence-electron chi connectivity index (χ0n) is 15.7. The van der Waals surface area contributed by atoms with Gasteiger partial charge in [0.1, 0.15) is 5.75 Å². The van der Waals surface area contributed by atoms with Crippen LogP contribution in [0.5, 0.6) is 5.75 Å². The molecule has 8 heteroatoms. The molecule has 1 atom stereocenters. The number of benzene rings is 2. The molecule has 0 saturated carbocycles. The Morgan fingerprint density at radius 3 is 2.59 bits per heavy atom. The number of ether oxygens (including phenoxy) is 1. The fraction of sp³-hybridized carbons (Fsp3) is 0.286. The highest BCUT2D eigenvalue weighted by Gasteiger charge is 2.21. The highest BCUT2D eigenvalue weighted by Crippen LogP contribution is 2.29. The van der Waals surface area contributed by atoms with Gasteiger partial charge in [0.25, 0.3) is 0 Å². The molecule has 0 unspecified atom stereocenters. The molecule has 4 rings (SSSR count). The first-order valence-corrected chi connectivity index (χ1v) is 10.4. The molecular formula is C21H20N3O4S-. The molecule has 0 spiro atoms. The van der Waals surface area contributed by atoms with Crippen LogP contribution in [-0.2, 0) is 17.0 Å². The smallest absolute Gasteiger partial charge is 0.191 e. The third kappa shape index (κ3) is 4.60. The predicted molar refractivity (Wildman–Crippen MR) is 106 cm³/mol. The maximum Gasteiger partial charge on any atom is 0.191 e. The number of hydrogen-bond acceptors (Lipinski definition) is 7. The van der Waals surface area contributed by atoms with Gasteiger partial charge in [-0.25, -0.2) is 0 Å². The molecule has 3 aromatic rings. The molecule has 0 bridgehead atoms. The zero-order chi connectivity index (χ0) is 20.2. The van der Waals surface area contributed by atoms with E-state index in [9.17, 15) is 15.0 Å². The van der Waals surface area contributed by atoms with Crippen molar-refractivity contribution in [3.63, 3.8) is 0 Å². The minimum Gasteiger partial charge on any atom is -0.545 e. The van der Waals surface area contributed by atoms with Gasteiger partial charge >= 0.3 is 0 Å². The lowest BCUT2D eigenvalue weighted by Gasteiger charge is -2.15. The Morgan fingerprint density at radius 2 is 1.93 bits per heavy atom. The standard InChI is InChI=1S/C21H21N3O4S/c25-17-9-7-15(8-10-17)19-22-23-21(24(19)12-18-2-1-11-28-18)29-13-14-3-5-16(6-4-14)20(26)27/h3-10,18,25H,1-2,11-13H2,(H,26,27)/p-1/t18-/m0/s1. The summed E-state index contributed by atoms with van der Waals surface area (Å²) in [5, 5.41) is 30.0. The quantitative estimate of drug-likeness (QED) is 0.597. The number of phenolic OH excluding ortho intramolecular Hbond substituents is 1. The van der Waals surface area contributed by atoms with Crippen molar-refractivity contribution in [1.29, 1.82) is 0 Å². The van der Waals surface area contributed by atoms with Gasteiger partial charge in [0.2, 0.25) is 0 Å². The lowest BCUT2D eigenvalue weighted by molar-refractivity contribution is -0.255. The molecule has 1 N–H and O–H groups in total. The molecule has 1 saturated heterocycles. The Morgan fingerprint density at radius 1 is 1.17 bits per heavy atom. The van der Waals surface area contributed by atoms with Crippen LogP contribution < -0.4 is 5.11 Å². The molecule has 150 valence electrons. The van der Waals surface area contributed by atoms with E-state index in [2.05, 4.69) is 14.8 Å². The fourth-order valence-electron chi connectivity index (χ4n) is 3.26. The third-order valence-corrected chi connectivity index (χ3v) is 5.85. The number of carboxylic acids is 1. The van der Waals surface area contributed by atoms with Crippen LogP contribution in [-0.4, -0.2) is 38.6 Å². The number of rotatable bonds is 7. The second-order valence-corrected chi connectivity index (χ2v) is 7.81. The maximum absolute atomic E-state index is 10.9. The summed E-state index contributed by atoms with van der Waals surface area (Å²) < 4.78 is 7.86. The number of carbonyl (C=O) groups is 1. The van der Waals surface area contributed by atoms with Crippen LogP contribution in [0.4, 0.5) is 0 Å². The van der Waals surface area contributed by atoms with Crippen molar-refractivity contribution >= 4 is 17.7 Å². The van der Waals surface area contributed by atoms with Crippen molar-refractivity contribution < 1.29 is 19.7 Å². The van der Waals surface area contributed by atoms with E-state index in [-0.39, 0.29) is 17.4 Å². The van der Waals surface area contributed by atoms with Gasteiger partial charge in [-0.15, -0.1) is 10.2 Å². The van der Waals surface area contributed by atoms with E-state index in [0.29, 0.717) is 12.3 Å². The molecule has 2 heterocycles. The van der Waals surface area contributed by atoms with Crippen LogP contribution >= 0.6 is 11.8 Å². The number of thioether (sulfide) groups is 1. The molecule has 0 radical (unpaired) electrons. The van der Waals surface area contributed by atoms with Crippen LogP contribution in [0.1, 0.15) is 28.8 Å². The highest BCUT2D eigenvalue weighted by molar-refractivity contribution is 7.98. The summed E-state index contributed by atoms with van der Waals surface area (Å²) in [5.41, 5.74) is 2.02. The molecule has 2 aromatic carbocycles. The van der Waals surface area contributed by atoms with Gasteiger partial charge in [-0.2, -0.15) is 0 Å².